The number of amides is 2. The summed E-state index contributed by atoms with van der Waals surface area (Å²) in [6.45, 7) is 7.37. The van der Waals surface area contributed by atoms with Gasteiger partial charge in [0.2, 0.25) is 11.8 Å². The van der Waals surface area contributed by atoms with Crippen LogP contribution < -0.4 is 5.32 Å². The zero-order valence-corrected chi connectivity index (χ0v) is 16.6. The molecule has 0 unspecified atom stereocenters. The third-order valence-corrected chi connectivity index (χ3v) is 5.85. The lowest BCUT2D eigenvalue weighted by atomic mass is 9.95. The Kier molecular flexibility index (Phi) is 7.27. The maximum absolute atomic E-state index is 12.6. The monoisotopic (exact) mass is 371 g/mol. The molecule has 0 saturated carbocycles. The molecule has 5 nitrogen and oxygen atoms in total. The van der Waals surface area contributed by atoms with Gasteiger partial charge in [-0.05, 0) is 56.3 Å². The molecule has 5 heteroatoms. The molecule has 0 spiro atoms. The number of rotatable bonds is 7. The van der Waals surface area contributed by atoms with E-state index in [0.29, 0.717) is 26.1 Å². The lowest BCUT2D eigenvalue weighted by molar-refractivity contribution is -0.135. The van der Waals surface area contributed by atoms with Gasteiger partial charge >= 0.3 is 0 Å². The minimum absolute atomic E-state index is 0.0291. The summed E-state index contributed by atoms with van der Waals surface area (Å²) in [5, 5.41) is 3.14. The number of benzene rings is 1. The van der Waals surface area contributed by atoms with Gasteiger partial charge in [-0.2, -0.15) is 0 Å². The van der Waals surface area contributed by atoms with Crippen LogP contribution in [0.25, 0.3) is 0 Å². The van der Waals surface area contributed by atoms with E-state index in [4.69, 9.17) is 0 Å². The third-order valence-electron chi connectivity index (χ3n) is 5.85. The fourth-order valence-corrected chi connectivity index (χ4v) is 4.16. The van der Waals surface area contributed by atoms with Crippen molar-refractivity contribution in [2.24, 2.45) is 5.92 Å². The Balaban J connectivity index is 1.48. The number of nitrogens with one attached hydrogen (secondary N) is 1. The highest BCUT2D eigenvalue weighted by atomic mass is 16.2. The highest BCUT2D eigenvalue weighted by molar-refractivity contribution is 5.80. The second-order valence-electron chi connectivity index (χ2n) is 7.87. The van der Waals surface area contributed by atoms with Crippen LogP contribution in [0.5, 0.6) is 0 Å². The first-order valence-corrected chi connectivity index (χ1v) is 10.5. The Morgan fingerprint density at radius 1 is 1.04 bits per heavy atom. The van der Waals surface area contributed by atoms with Gasteiger partial charge in [-0.25, -0.2) is 0 Å². The summed E-state index contributed by atoms with van der Waals surface area (Å²) in [6, 6.07) is 8.43. The van der Waals surface area contributed by atoms with E-state index >= 15 is 0 Å². The van der Waals surface area contributed by atoms with Crippen LogP contribution in [-0.4, -0.2) is 47.8 Å². The number of carbonyl (C=O) groups excluding carboxylic acids is 2. The van der Waals surface area contributed by atoms with Crippen molar-refractivity contribution < 1.29 is 9.59 Å². The molecule has 0 aliphatic carbocycles. The molecular formula is C22H33N3O2. The molecule has 0 atom stereocenters. The van der Waals surface area contributed by atoms with Gasteiger partial charge in [-0.3, -0.25) is 14.5 Å². The van der Waals surface area contributed by atoms with Gasteiger partial charge in [0.15, 0.2) is 0 Å². The molecule has 2 amide bonds. The maximum Gasteiger partial charge on any atom is 0.223 e. The van der Waals surface area contributed by atoms with E-state index in [2.05, 4.69) is 28.4 Å². The summed E-state index contributed by atoms with van der Waals surface area (Å²) in [5.74, 6) is 0.391. The van der Waals surface area contributed by atoms with Crippen LogP contribution in [0.1, 0.15) is 56.6 Å². The summed E-state index contributed by atoms with van der Waals surface area (Å²) in [5.41, 5.74) is 2.54. The predicted molar refractivity (Wildman–Crippen MR) is 107 cm³/mol. The van der Waals surface area contributed by atoms with E-state index in [1.807, 2.05) is 17.9 Å². The first-order chi connectivity index (χ1) is 13.2. The van der Waals surface area contributed by atoms with Crippen molar-refractivity contribution >= 4 is 11.8 Å². The van der Waals surface area contributed by atoms with E-state index < -0.39 is 0 Å². The highest BCUT2D eigenvalue weighted by Crippen LogP contribution is 2.20. The van der Waals surface area contributed by atoms with E-state index in [0.717, 1.165) is 25.8 Å². The van der Waals surface area contributed by atoms with Gasteiger partial charge in [0.05, 0.1) is 0 Å². The summed E-state index contributed by atoms with van der Waals surface area (Å²) in [6.07, 6.45) is 5.63. The minimum atomic E-state index is 0.0291. The third kappa shape index (κ3) is 5.55. The zero-order chi connectivity index (χ0) is 19.1. The van der Waals surface area contributed by atoms with Crippen molar-refractivity contribution in [3.8, 4) is 0 Å². The normalized spacial score (nSPS) is 18.6. The van der Waals surface area contributed by atoms with Gasteiger partial charge in [0, 0.05) is 38.5 Å². The van der Waals surface area contributed by atoms with Crippen LogP contribution in [-0.2, 0) is 22.7 Å². The number of hydrogen-bond donors (Lipinski definition) is 1. The van der Waals surface area contributed by atoms with E-state index in [9.17, 15) is 9.59 Å². The van der Waals surface area contributed by atoms with E-state index in [1.54, 1.807) is 0 Å². The molecule has 2 aliphatic heterocycles. The highest BCUT2D eigenvalue weighted by Gasteiger charge is 2.26. The van der Waals surface area contributed by atoms with Gasteiger partial charge in [-0.1, -0.05) is 31.2 Å². The van der Waals surface area contributed by atoms with Crippen LogP contribution in [0.15, 0.2) is 24.3 Å². The molecule has 2 fully saturated rings. The molecule has 0 aromatic heterocycles. The molecule has 1 aromatic carbocycles. The fourth-order valence-electron chi connectivity index (χ4n) is 4.16. The fraction of sp³-hybridized carbons (Fsp3) is 0.636. The Labute approximate surface area is 163 Å². The number of carbonyl (C=O) groups is 2. The van der Waals surface area contributed by atoms with Crippen molar-refractivity contribution in [3.63, 3.8) is 0 Å². The summed E-state index contributed by atoms with van der Waals surface area (Å²) in [4.78, 5) is 29.0. The Morgan fingerprint density at radius 2 is 1.70 bits per heavy atom. The number of hydrogen-bond acceptors (Lipinski definition) is 3. The molecule has 1 aromatic rings. The zero-order valence-electron chi connectivity index (χ0n) is 16.6. The topological polar surface area (TPSA) is 52.7 Å². The van der Waals surface area contributed by atoms with Gasteiger partial charge in [0.1, 0.15) is 0 Å². The SMILES string of the molecule is CCCC(=O)N1CCC(C(=O)NCc2ccccc2CN2CCCC2)CC1. The molecule has 0 bridgehead atoms. The standard InChI is InChI=1S/C22H33N3O2/c1-2-7-21(26)25-14-10-18(11-15-25)22(27)23-16-19-8-3-4-9-20(19)17-24-12-5-6-13-24/h3-4,8-9,18H,2,5-7,10-17H2,1H3,(H,23,27). The smallest absolute Gasteiger partial charge is 0.223 e. The average molecular weight is 372 g/mol. The summed E-state index contributed by atoms with van der Waals surface area (Å²) >= 11 is 0. The van der Waals surface area contributed by atoms with Crippen LogP contribution in [0.3, 0.4) is 0 Å². The molecule has 2 saturated heterocycles. The van der Waals surface area contributed by atoms with Gasteiger partial charge in [0.25, 0.3) is 0 Å². The van der Waals surface area contributed by atoms with Crippen LogP contribution in [0.2, 0.25) is 0 Å². The quantitative estimate of drug-likeness (QED) is 0.802. The Morgan fingerprint density at radius 3 is 2.37 bits per heavy atom. The molecule has 1 N–H and O–H groups in total. The molecule has 0 radical (unpaired) electrons. The molecule has 2 aliphatic rings. The molecule has 2 heterocycles. The van der Waals surface area contributed by atoms with Crippen LogP contribution in [0, 0.1) is 5.92 Å². The van der Waals surface area contributed by atoms with Gasteiger partial charge in [-0.15, -0.1) is 0 Å². The number of likely N-dealkylation sites (tertiary alicyclic amines) is 2. The molecule has 3 rings (SSSR count). The van der Waals surface area contributed by atoms with Crippen molar-refractivity contribution in [2.75, 3.05) is 26.2 Å². The number of piperidine rings is 1. The van der Waals surface area contributed by atoms with Crippen molar-refractivity contribution in [1.82, 2.24) is 15.1 Å². The first kappa shape index (κ1) is 19.9. The Bertz CT molecular complexity index is 632. The van der Waals surface area contributed by atoms with E-state index in [-0.39, 0.29) is 17.7 Å². The lowest BCUT2D eigenvalue weighted by Crippen LogP contribution is -2.42. The van der Waals surface area contributed by atoms with E-state index in [1.165, 1.54) is 37.1 Å². The van der Waals surface area contributed by atoms with Crippen molar-refractivity contribution in [2.45, 2.75) is 58.5 Å². The molecule has 148 valence electrons. The molecular weight excluding hydrogens is 338 g/mol. The maximum atomic E-state index is 12.6. The lowest BCUT2D eigenvalue weighted by Gasteiger charge is -2.31. The second kappa shape index (κ2) is 9.88. The average Bonchev–Trinajstić information content (AvgIpc) is 3.20. The molecule has 27 heavy (non-hydrogen) atoms. The largest absolute Gasteiger partial charge is 0.352 e. The van der Waals surface area contributed by atoms with Crippen LogP contribution in [0.4, 0.5) is 0 Å². The summed E-state index contributed by atoms with van der Waals surface area (Å²) < 4.78 is 0. The number of nitrogens with zero attached hydrogens (tertiary/aromatic N) is 2. The summed E-state index contributed by atoms with van der Waals surface area (Å²) in [7, 11) is 0. The van der Waals surface area contributed by atoms with Gasteiger partial charge < -0.3 is 10.2 Å². The van der Waals surface area contributed by atoms with Crippen LogP contribution >= 0.6 is 0 Å². The minimum Gasteiger partial charge on any atom is -0.352 e. The first-order valence-electron chi connectivity index (χ1n) is 10.5. The van der Waals surface area contributed by atoms with Crippen molar-refractivity contribution in [1.29, 1.82) is 0 Å². The Hall–Kier alpha value is -1.88. The predicted octanol–water partition coefficient (Wildman–Crippen LogP) is 2.94. The second-order valence-corrected chi connectivity index (χ2v) is 7.87. The van der Waals surface area contributed by atoms with Crippen molar-refractivity contribution in [3.05, 3.63) is 35.4 Å².